The Hall–Kier alpha value is -1.46. The average Bonchev–Trinajstić information content (AvgIpc) is 2.79. The molecule has 0 bridgehead atoms. The second-order valence-corrected chi connectivity index (χ2v) is 7.96. The lowest BCUT2D eigenvalue weighted by Crippen LogP contribution is -2.64. The van der Waals surface area contributed by atoms with Crippen molar-refractivity contribution in [2.75, 3.05) is 6.61 Å². The summed E-state index contributed by atoms with van der Waals surface area (Å²) in [5, 5.41) is 0. The lowest BCUT2D eigenvalue weighted by Gasteiger charge is -2.52. The number of hydrogen-bond donors (Lipinski definition) is 0. The highest BCUT2D eigenvalue weighted by Gasteiger charge is 2.82. The first-order valence-corrected chi connectivity index (χ1v) is 8.63. The molecule has 2 saturated heterocycles. The van der Waals surface area contributed by atoms with Crippen molar-refractivity contribution in [3.05, 3.63) is 23.8 Å². The van der Waals surface area contributed by atoms with E-state index in [4.69, 9.17) is 14.2 Å². The van der Waals surface area contributed by atoms with Gasteiger partial charge in [0, 0.05) is 29.7 Å². The van der Waals surface area contributed by atoms with Crippen LogP contribution in [0.2, 0.25) is 0 Å². The molecular weight excluding hydrogens is 308 g/mol. The topological polar surface area (TPSA) is 61.8 Å². The molecule has 2 aliphatic heterocycles. The van der Waals surface area contributed by atoms with E-state index >= 15 is 0 Å². The number of esters is 1. The molecule has 4 aliphatic rings. The standard InChI is InChI=1S/C19H24O5/c1-5-6-16(21)23-14-8-15-19(10-22-15)18(14,4)17(3)9-12(20)11(2)7-13(17)24-19/h5-7,13-15H,8-10H2,1-4H3/b6-5-/t13-,14-,15+,17+,18-,19-/m1/s1. The van der Waals surface area contributed by atoms with Crippen LogP contribution in [-0.2, 0) is 23.8 Å². The van der Waals surface area contributed by atoms with E-state index in [1.807, 2.05) is 13.0 Å². The van der Waals surface area contributed by atoms with Gasteiger partial charge in [-0.25, -0.2) is 4.79 Å². The Morgan fingerprint density at radius 2 is 2.17 bits per heavy atom. The monoisotopic (exact) mass is 332 g/mol. The van der Waals surface area contributed by atoms with Gasteiger partial charge in [0.2, 0.25) is 0 Å². The molecule has 0 N–H and O–H groups in total. The first-order valence-electron chi connectivity index (χ1n) is 8.63. The summed E-state index contributed by atoms with van der Waals surface area (Å²) >= 11 is 0. The Balaban J connectivity index is 1.77. The fourth-order valence-corrected chi connectivity index (χ4v) is 5.31. The Morgan fingerprint density at radius 3 is 2.79 bits per heavy atom. The minimum absolute atomic E-state index is 0.0721. The number of Topliss-reactive ketones (excluding diaryl/α,β-unsaturated/α-hetero) is 1. The summed E-state index contributed by atoms with van der Waals surface area (Å²) in [4.78, 5) is 24.5. The predicted octanol–water partition coefficient (Wildman–Crippen LogP) is 2.35. The fourth-order valence-electron chi connectivity index (χ4n) is 5.31. The summed E-state index contributed by atoms with van der Waals surface area (Å²) in [5.41, 5.74) is -0.549. The highest BCUT2D eigenvalue weighted by molar-refractivity contribution is 5.96. The van der Waals surface area contributed by atoms with Gasteiger partial charge in [0.15, 0.2) is 5.78 Å². The van der Waals surface area contributed by atoms with Crippen molar-refractivity contribution < 1.29 is 23.8 Å². The molecule has 0 unspecified atom stereocenters. The van der Waals surface area contributed by atoms with Gasteiger partial charge in [0.1, 0.15) is 11.7 Å². The van der Waals surface area contributed by atoms with E-state index in [0.29, 0.717) is 19.4 Å². The molecule has 5 heteroatoms. The molecule has 2 aliphatic carbocycles. The smallest absolute Gasteiger partial charge is 0.330 e. The summed E-state index contributed by atoms with van der Waals surface area (Å²) in [5.74, 6) is -0.195. The molecular formula is C19H24O5. The molecule has 1 saturated carbocycles. The lowest BCUT2D eigenvalue weighted by molar-refractivity contribution is -0.260. The molecule has 5 nitrogen and oxygen atoms in total. The summed E-state index contributed by atoms with van der Waals surface area (Å²) in [7, 11) is 0. The van der Waals surface area contributed by atoms with Crippen LogP contribution in [0.3, 0.4) is 0 Å². The number of carbonyl (C=O) groups is 2. The van der Waals surface area contributed by atoms with Gasteiger partial charge in [-0.3, -0.25) is 4.79 Å². The molecule has 3 fully saturated rings. The number of ether oxygens (including phenoxy) is 3. The zero-order chi connectivity index (χ0) is 17.3. The van der Waals surface area contributed by atoms with Gasteiger partial charge in [0.05, 0.1) is 18.8 Å². The van der Waals surface area contributed by atoms with E-state index in [9.17, 15) is 9.59 Å². The van der Waals surface area contributed by atoms with Crippen LogP contribution in [0.25, 0.3) is 0 Å². The molecule has 0 aromatic rings. The van der Waals surface area contributed by atoms with Crippen LogP contribution in [-0.4, -0.2) is 42.3 Å². The lowest BCUT2D eigenvalue weighted by atomic mass is 9.54. The van der Waals surface area contributed by atoms with Crippen molar-refractivity contribution in [3.8, 4) is 0 Å². The quantitative estimate of drug-likeness (QED) is 0.574. The van der Waals surface area contributed by atoms with E-state index in [1.54, 1.807) is 13.0 Å². The molecule has 24 heavy (non-hydrogen) atoms. The van der Waals surface area contributed by atoms with Gasteiger partial charge < -0.3 is 14.2 Å². The normalized spacial score (nSPS) is 49.2. The second kappa shape index (κ2) is 4.79. The molecule has 6 atom stereocenters. The average molecular weight is 332 g/mol. The van der Waals surface area contributed by atoms with Crippen molar-refractivity contribution in [1.82, 2.24) is 0 Å². The maximum Gasteiger partial charge on any atom is 0.330 e. The largest absolute Gasteiger partial charge is 0.458 e. The van der Waals surface area contributed by atoms with Crippen LogP contribution in [0.1, 0.15) is 40.5 Å². The summed E-state index contributed by atoms with van der Waals surface area (Å²) in [6, 6.07) is 0. The van der Waals surface area contributed by atoms with Gasteiger partial charge in [-0.1, -0.05) is 19.9 Å². The van der Waals surface area contributed by atoms with Crippen molar-refractivity contribution in [2.24, 2.45) is 10.8 Å². The number of fused-ring (bicyclic) bond motifs is 2. The SMILES string of the molecule is C/C=C\C(=O)O[C@@H]1C[C@@H]2OC[C@@]23O[C@@H]2C=C(C)C(=O)C[C@]2(C)[C@@]13C. The highest BCUT2D eigenvalue weighted by atomic mass is 16.6. The van der Waals surface area contributed by atoms with Gasteiger partial charge in [-0.05, 0) is 25.5 Å². The zero-order valence-electron chi connectivity index (χ0n) is 14.6. The van der Waals surface area contributed by atoms with Crippen LogP contribution >= 0.6 is 0 Å². The van der Waals surface area contributed by atoms with Crippen molar-refractivity contribution in [1.29, 1.82) is 0 Å². The van der Waals surface area contributed by atoms with E-state index < -0.39 is 16.4 Å². The highest BCUT2D eigenvalue weighted by Crippen LogP contribution is 2.71. The first-order chi connectivity index (χ1) is 11.3. The zero-order valence-corrected chi connectivity index (χ0v) is 14.6. The molecule has 1 spiro atoms. The summed E-state index contributed by atoms with van der Waals surface area (Å²) in [6.45, 7) is 8.35. The molecule has 4 rings (SSSR count). The Kier molecular flexibility index (Phi) is 3.20. The van der Waals surface area contributed by atoms with Gasteiger partial charge in [0.25, 0.3) is 0 Å². The Morgan fingerprint density at radius 1 is 1.42 bits per heavy atom. The number of allylic oxidation sites excluding steroid dienone is 2. The van der Waals surface area contributed by atoms with E-state index in [-0.39, 0.29) is 30.1 Å². The molecule has 0 radical (unpaired) electrons. The van der Waals surface area contributed by atoms with E-state index in [2.05, 4.69) is 13.8 Å². The first kappa shape index (κ1) is 16.0. The third-order valence-corrected chi connectivity index (χ3v) is 7.05. The van der Waals surface area contributed by atoms with Crippen molar-refractivity contribution in [3.63, 3.8) is 0 Å². The van der Waals surface area contributed by atoms with Crippen LogP contribution < -0.4 is 0 Å². The number of rotatable bonds is 2. The van der Waals surface area contributed by atoms with Gasteiger partial charge >= 0.3 is 5.97 Å². The van der Waals surface area contributed by atoms with E-state index in [1.165, 1.54) is 6.08 Å². The Bertz CT molecular complexity index is 679. The third-order valence-electron chi connectivity index (χ3n) is 7.05. The molecule has 0 aromatic heterocycles. The second-order valence-electron chi connectivity index (χ2n) is 7.96. The predicted molar refractivity (Wildman–Crippen MR) is 86.3 cm³/mol. The maximum absolute atomic E-state index is 12.4. The van der Waals surface area contributed by atoms with Crippen molar-refractivity contribution >= 4 is 11.8 Å². The van der Waals surface area contributed by atoms with Crippen LogP contribution in [0.15, 0.2) is 23.8 Å². The van der Waals surface area contributed by atoms with Crippen molar-refractivity contribution in [2.45, 2.75) is 64.4 Å². The number of ketones is 1. The maximum atomic E-state index is 12.4. The number of hydrogen-bond acceptors (Lipinski definition) is 5. The molecule has 130 valence electrons. The number of carbonyl (C=O) groups excluding carboxylic acids is 2. The van der Waals surface area contributed by atoms with Gasteiger partial charge in [-0.2, -0.15) is 0 Å². The van der Waals surface area contributed by atoms with E-state index in [0.717, 1.165) is 5.57 Å². The molecule has 0 amide bonds. The minimum atomic E-state index is -0.464. The van der Waals surface area contributed by atoms with Crippen LogP contribution in [0, 0.1) is 10.8 Å². The van der Waals surface area contributed by atoms with Crippen LogP contribution in [0.4, 0.5) is 0 Å². The van der Waals surface area contributed by atoms with Crippen LogP contribution in [0.5, 0.6) is 0 Å². The Labute approximate surface area is 142 Å². The summed E-state index contributed by atoms with van der Waals surface area (Å²) < 4.78 is 18.1. The molecule has 0 aromatic carbocycles. The summed E-state index contributed by atoms with van der Waals surface area (Å²) in [6.07, 6.45) is 5.57. The third kappa shape index (κ3) is 1.62. The molecule has 2 heterocycles. The van der Waals surface area contributed by atoms with Gasteiger partial charge in [-0.15, -0.1) is 0 Å². The minimum Gasteiger partial charge on any atom is -0.458 e. The fraction of sp³-hybridized carbons (Fsp3) is 0.684.